The summed E-state index contributed by atoms with van der Waals surface area (Å²) in [5.41, 5.74) is 0.708. The van der Waals surface area contributed by atoms with Gasteiger partial charge in [-0.2, -0.15) is 11.3 Å². The lowest BCUT2D eigenvalue weighted by Crippen LogP contribution is -2.57. The molecule has 0 aromatic carbocycles. The molecule has 1 aromatic rings. The van der Waals surface area contributed by atoms with Crippen molar-refractivity contribution in [2.24, 2.45) is 0 Å². The molecule has 0 atom stereocenters. The number of hydrogen-bond acceptors (Lipinski definition) is 3. The molecule has 1 aromatic heterocycles. The van der Waals surface area contributed by atoms with Crippen LogP contribution in [0.4, 0.5) is 0 Å². The van der Waals surface area contributed by atoms with Gasteiger partial charge in [-0.05, 0) is 48.1 Å². The zero-order chi connectivity index (χ0) is 16.3. The van der Waals surface area contributed by atoms with E-state index in [-0.39, 0.29) is 18.3 Å². The number of thiophene rings is 1. The predicted molar refractivity (Wildman–Crippen MR) is 96.9 cm³/mol. The second-order valence-electron chi connectivity index (χ2n) is 8.67. The number of hydrogen-bond donors (Lipinski definition) is 0. The standard InChI is InChI=1S/C16H29BO2SSi/c1-14(2,3)21(8,9)13-12(10-11-20-13)17-18-15(4,5)16(6,7)19-17/h10-11H,1-9H3. The molecule has 2 nitrogen and oxygen atoms in total. The van der Waals surface area contributed by atoms with Gasteiger partial charge < -0.3 is 9.31 Å². The van der Waals surface area contributed by atoms with Crippen molar-refractivity contribution in [1.82, 2.24) is 0 Å². The summed E-state index contributed by atoms with van der Waals surface area (Å²) in [6.07, 6.45) is 0. The van der Waals surface area contributed by atoms with Crippen LogP contribution in [0.25, 0.3) is 0 Å². The molecule has 1 fully saturated rings. The lowest BCUT2D eigenvalue weighted by atomic mass is 9.81. The van der Waals surface area contributed by atoms with Crippen molar-refractivity contribution in [2.45, 2.75) is 77.8 Å². The molecule has 2 rings (SSSR count). The first-order chi connectivity index (χ1) is 9.30. The van der Waals surface area contributed by atoms with Crippen molar-refractivity contribution >= 4 is 36.5 Å². The van der Waals surface area contributed by atoms with E-state index in [1.165, 1.54) is 9.96 Å². The van der Waals surface area contributed by atoms with Crippen LogP contribution in [0.3, 0.4) is 0 Å². The first-order valence-corrected chi connectivity index (χ1v) is 11.6. The van der Waals surface area contributed by atoms with Gasteiger partial charge in [0.15, 0.2) is 0 Å². The zero-order valence-electron chi connectivity index (χ0n) is 15.0. The summed E-state index contributed by atoms with van der Waals surface area (Å²) in [6, 6.07) is 2.20. The van der Waals surface area contributed by atoms with E-state index in [0.29, 0.717) is 5.04 Å². The van der Waals surface area contributed by atoms with Crippen molar-refractivity contribution in [3.05, 3.63) is 11.4 Å². The minimum Gasteiger partial charge on any atom is -0.399 e. The van der Waals surface area contributed by atoms with E-state index in [0.717, 1.165) is 0 Å². The maximum atomic E-state index is 6.26. The fourth-order valence-electron chi connectivity index (χ4n) is 2.32. The molecule has 0 spiro atoms. The molecule has 1 aliphatic heterocycles. The summed E-state index contributed by atoms with van der Waals surface area (Å²) in [5, 5.41) is 2.51. The van der Waals surface area contributed by atoms with E-state index in [1.54, 1.807) is 0 Å². The maximum Gasteiger partial charge on any atom is 0.495 e. The molecule has 1 aliphatic rings. The molecule has 0 bridgehead atoms. The predicted octanol–water partition coefficient (Wildman–Crippen LogP) is 3.76. The molecule has 0 radical (unpaired) electrons. The number of rotatable bonds is 2. The van der Waals surface area contributed by atoms with Gasteiger partial charge in [-0.15, -0.1) is 0 Å². The average molecular weight is 324 g/mol. The summed E-state index contributed by atoms with van der Waals surface area (Å²) in [7, 11) is -1.81. The highest BCUT2D eigenvalue weighted by Gasteiger charge is 2.53. The molecule has 21 heavy (non-hydrogen) atoms. The minimum absolute atomic E-state index is 0.231. The largest absolute Gasteiger partial charge is 0.495 e. The topological polar surface area (TPSA) is 18.5 Å². The zero-order valence-corrected chi connectivity index (χ0v) is 16.8. The molecule has 0 amide bonds. The van der Waals surface area contributed by atoms with Crippen LogP contribution >= 0.6 is 11.3 Å². The first-order valence-electron chi connectivity index (χ1n) is 7.73. The van der Waals surface area contributed by atoms with E-state index in [1.807, 2.05) is 11.3 Å². The Balaban J connectivity index is 2.40. The third kappa shape index (κ3) is 2.78. The van der Waals surface area contributed by atoms with Crippen LogP contribution in [0.2, 0.25) is 18.1 Å². The Morgan fingerprint density at radius 2 is 1.52 bits per heavy atom. The summed E-state index contributed by atoms with van der Waals surface area (Å²) < 4.78 is 14.0. The molecule has 0 aliphatic carbocycles. The Morgan fingerprint density at radius 3 is 1.95 bits per heavy atom. The maximum absolute atomic E-state index is 6.26. The third-order valence-corrected chi connectivity index (χ3v) is 13.4. The van der Waals surface area contributed by atoms with E-state index >= 15 is 0 Å². The van der Waals surface area contributed by atoms with Crippen molar-refractivity contribution in [3.63, 3.8) is 0 Å². The Kier molecular flexibility index (Phi) is 4.07. The van der Waals surface area contributed by atoms with Crippen molar-refractivity contribution in [3.8, 4) is 0 Å². The van der Waals surface area contributed by atoms with Gasteiger partial charge in [0.2, 0.25) is 0 Å². The Hall–Kier alpha value is -0.0982. The third-order valence-electron chi connectivity index (χ3n) is 5.65. The fourth-order valence-corrected chi connectivity index (χ4v) is 6.88. The Bertz CT molecular complexity index is 513. The molecule has 1 saturated heterocycles. The van der Waals surface area contributed by atoms with Crippen molar-refractivity contribution in [2.75, 3.05) is 0 Å². The van der Waals surface area contributed by atoms with Crippen LogP contribution in [-0.2, 0) is 9.31 Å². The quantitative estimate of drug-likeness (QED) is 0.771. The highest BCUT2D eigenvalue weighted by atomic mass is 32.1. The second kappa shape index (κ2) is 4.95. The van der Waals surface area contributed by atoms with Gasteiger partial charge in [0.1, 0.15) is 0 Å². The SMILES string of the molecule is CC1(C)OB(c2ccsc2[Si](C)(C)C(C)(C)C)OC1(C)C. The highest BCUT2D eigenvalue weighted by molar-refractivity contribution is 7.27. The molecular formula is C16H29BO2SSi. The smallest absolute Gasteiger partial charge is 0.399 e. The lowest BCUT2D eigenvalue weighted by Gasteiger charge is -2.37. The van der Waals surface area contributed by atoms with Gasteiger partial charge in [0, 0.05) is 0 Å². The Labute approximate surface area is 135 Å². The van der Waals surface area contributed by atoms with Gasteiger partial charge in [-0.1, -0.05) is 39.9 Å². The molecule has 5 heteroatoms. The van der Waals surface area contributed by atoms with Crippen molar-refractivity contribution in [1.29, 1.82) is 0 Å². The summed E-state index contributed by atoms with van der Waals surface area (Å²) >= 11 is 1.87. The summed E-state index contributed by atoms with van der Waals surface area (Å²) in [6.45, 7) is 20.4. The molecule has 0 saturated carbocycles. The monoisotopic (exact) mass is 324 g/mol. The van der Waals surface area contributed by atoms with E-state index in [4.69, 9.17) is 9.31 Å². The van der Waals surface area contributed by atoms with Gasteiger partial charge in [-0.25, -0.2) is 0 Å². The summed E-state index contributed by atoms with van der Waals surface area (Å²) in [4.78, 5) is 0. The second-order valence-corrected chi connectivity index (χ2v) is 15.2. The van der Waals surface area contributed by atoms with E-state index < -0.39 is 8.07 Å². The van der Waals surface area contributed by atoms with Gasteiger partial charge in [0.25, 0.3) is 0 Å². The highest BCUT2D eigenvalue weighted by Crippen LogP contribution is 2.39. The fraction of sp³-hybridized carbons (Fsp3) is 0.750. The Morgan fingerprint density at radius 1 is 1.05 bits per heavy atom. The van der Waals surface area contributed by atoms with E-state index in [2.05, 4.69) is 73.0 Å². The van der Waals surface area contributed by atoms with Crippen LogP contribution in [0.1, 0.15) is 48.5 Å². The van der Waals surface area contributed by atoms with Crippen LogP contribution in [0.5, 0.6) is 0 Å². The summed E-state index contributed by atoms with van der Waals surface area (Å²) in [5.74, 6) is 0. The molecular weight excluding hydrogens is 295 g/mol. The normalized spacial score (nSPS) is 21.9. The molecule has 118 valence electrons. The lowest BCUT2D eigenvalue weighted by molar-refractivity contribution is 0.00578. The van der Waals surface area contributed by atoms with Crippen molar-refractivity contribution < 1.29 is 9.31 Å². The van der Waals surface area contributed by atoms with Gasteiger partial charge >= 0.3 is 7.12 Å². The molecule has 0 unspecified atom stereocenters. The van der Waals surface area contributed by atoms with Gasteiger partial charge in [-0.3, -0.25) is 0 Å². The van der Waals surface area contributed by atoms with E-state index in [9.17, 15) is 0 Å². The first kappa shape index (κ1) is 17.3. The van der Waals surface area contributed by atoms with Crippen LogP contribution < -0.4 is 9.96 Å². The van der Waals surface area contributed by atoms with Gasteiger partial charge in [0.05, 0.1) is 19.3 Å². The minimum atomic E-state index is -1.58. The molecule has 0 N–H and O–H groups in total. The van der Waals surface area contributed by atoms with Crippen LogP contribution in [0.15, 0.2) is 11.4 Å². The van der Waals surface area contributed by atoms with Crippen LogP contribution in [0, 0.1) is 0 Å². The molecule has 2 heterocycles. The van der Waals surface area contributed by atoms with Crippen LogP contribution in [-0.4, -0.2) is 26.4 Å². The average Bonchev–Trinajstić information content (AvgIpc) is 2.80.